The van der Waals surface area contributed by atoms with Crippen molar-refractivity contribution in [2.24, 2.45) is 0 Å². The lowest BCUT2D eigenvalue weighted by atomic mass is 10.1. The van der Waals surface area contributed by atoms with Crippen LogP contribution < -0.4 is 4.90 Å². The Morgan fingerprint density at radius 1 is 0.968 bits per heavy atom. The number of furan rings is 1. The van der Waals surface area contributed by atoms with E-state index in [-0.39, 0.29) is 37.2 Å². The number of carbonyl (C=O) groups excluding carboxylic acids is 2. The van der Waals surface area contributed by atoms with Crippen molar-refractivity contribution in [3.63, 3.8) is 0 Å². The molecule has 0 fully saturated rings. The van der Waals surface area contributed by atoms with Gasteiger partial charge in [-0.25, -0.2) is 4.39 Å². The van der Waals surface area contributed by atoms with Crippen LogP contribution in [0.4, 0.5) is 10.1 Å². The Labute approximate surface area is 180 Å². The minimum absolute atomic E-state index is 0.0677. The van der Waals surface area contributed by atoms with Crippen LogP contribution in [0.1, 0.15) is 16.9 Å². The van der Waals surface area contributed by atoms with E-state index in [2.05, 4.69) is 0 Å². The van der Waals surface area contributed by atoms with Crippen molar-refractivity contribution in [3.8, 4) is 0 Å². The Morgan fingerprint density at radius 2 is 1.74 bits per heavy atom. The standard InChI is InChI=1S/C24H25FN2O4/c1-26(16-22-7-4-12-31-22)23(28)14-19-5-3-6-21(13-19)27(24(29)17-30-2)15-18-8-10-20(25)11-9-18/h3-13H,14-17H2,1-2H3. The highest BCUT2D eigenvalue weighted by Crippen LogP contribution is 2.21. The maximum absolute atomic E-state index is 13.2. The summed E-state index contributed by atoms with van der Waals surface area (Å²) in [6.07, 6.45) is 1.76. The lowest BCUT2D eigenvalue weighted by Crippen LogP contribution is -2.33. The largest absolute Gasteiger partial charge is 0.467 e. The Morgan fingerprint density at radius 3 is 2.42 bits per heavy atom. The molecule has 31 heavy (non-hydrogen) atoms. The molecule has 3 rings (SSSR count). The number of likely N-dealkylation sites (N-methyl/N-ethyl adjacent to an activating group) is 1. The van der Waals surface area contributed by atoms with Gasteiger partial charge in [0.1, 0.15) is 18.2 Å². The first-order chi connectivity index (χ1) is 15.0. The van der Waals surface area contributed by atoms with E-state index in [1.165, 1.54) is 19.2 Å². The summed E-state index contributed by atoms with van der Waals surface area (Å²) < 4.78 is 23.6. The highest BCUT2D eigenvalue weighted by molar-refractivity contribution is 5.94. The van der Waals surface area contributed by atoms with Gasteiger partial charge in [0.25, 0.3) is 5.91 Å². The van der Waals surface area contributed by atoms with E-state index in [4.69, 9.17) is 9.15 Å². The van der Waals surface area contributed by atoms with E-state index in [0.29, 0.717) is 18.0 Å². The van der Waals surface area contributed by atoms with Gasteiger partial charge in [0.15, 0.2) is 0 Å². The molecular weight excluding hydrogens is 399 g/mol. The molecule has 0 atom stereocenters. The van der Waals surface area contributed by atoms with E-state index >= 15 is 0 Å². The minimum Gasteiger partial charge on any atom is -0.467 e. The van der Waals surface area contributed by atoms with Gasteiger partial charge in [0.2, 0.25) is 5.91 Å². The monoisotopic (exact) mass is 424 g/mol. The summed E-state index contributed by atoms with van der Waals surface area (Å²) in [7, 11) is 3.18. The summed E-state index contributed by atoms with van der Waals surface area (Å²) in [5.74, 6) is 0.0741. The number of halogens is 1. The van der Waals surface area contributed by atoms with Crippen molar-refractivity contribution < 1.29 is 23.1 Å². The molecule has 1 heterocycles. The van der Waals surface area contributed by atoms with E-state index in [9.17, 15) is 14.0 Å². The zero-order valence-electron chi connectivity index (χ0n) is 17.6. The maximum atomic E-state index is 13.2. The van der Waals surface area contributed by atoms with E-state index < -0.39 is 0 Å². The number of ether oxygens (including phenoxy) is 1. The van der Waals surface area contributed by atoms with Crippen LogP contribution in [0.15, 0.2) is 71.3 Å². The molecule has 6 nitrogen and oxygen atoms in total. The number of nitrogens with zero attached hydrogens (tertiary/aromatic N) is 2. The van der Waals surface area contributed by atoms with E-state index in [0.717, 1.165) is 11.1 Å². The van der Waals surface area contributed by atoms with Gasteiger partial charge >= 0.3 is 0 Å². The van der Waals surface area contributed by atoms with E-state index in [1.807, 2.05) is 24.3 Å². The van der Waals surface area contributed by atoms with Crippen LogP contribution in [0, 0.1) is 5.82 Å². The quantitative estimate of drug-likeness (QED) is 0.524. The fourth-order valence-corrected chi connectivity index (χ4v) is 3.17. The molecule has 2 amide bonds. The van der Waals surface area contributed by atoms with Gasteiger partial charge in [0, 0.05) is 19.8 Å². The van der Waals surface area contributed by atoms with Crippen LogP contribution in [0.25, 0.3) is 0 Å². The van der Waals surface area contributed by atoms with Crippen LogP contribution in [-0.4, -0.2) is 37.5 Å². The second-order valence-electron chi connectivity index (χ2n) is 7.22. The SMILES string of the molecule is COCC(=O)N(Cc1ccc(F)cc1)c1cccc(CC(=O)N(C)Cc2ccco2)c1. The molecule has 162 valence electrons. The smallest absolute Gasteiger partial charge is 0.253 e. The Bertz CT molecular complexity index is 1000. The summed E-state index contributed by atoms with van der Waals surface area (Å²) >= 11 is 0. The molecule has 1 aromatic heterocycles. The number of carbonyl (C=O) groups is 2. The van der Waals surface area contributed by atoms with Gasteiger partial charge < -0.3 is 19.0 Å². The third kappa shape index (κ3) is 6.26. The minimum atomic E-state index is -0.335. The van der Waals surface area contributed by atoms with Gasteiger partial charge in [-0.3, -0.25) is 9.59 Å². The molecule has 2 aromatic carbocycles. The summed E-state index contributed by atoms with van der Waals surface area (Å²) in [4.78, 5) is 28.5. The van der Waals surface area contributed by atoms with Gasteiger partial charge in [-0.15, -0.1) is 0 Å². The fourth-order valence-electron chi connectivity index (χ4n) is 3.17. The predicted octanol–water partition coefficient (Wildman–Crippen LogP) is 3.80. The third-order valence-electron chi connectivity index (χ3n) is 4.80. The molecule has 0 aliphatic heterocycles. The molecule has 0 N–H and O–H groups in total. The van der Waals surface area contributed by atoms with Crippen molar-refractivity contribution in [2.45, 2.75) is 19.5 Å². The van der Waals surface area contributed by atoms with Gasteiger partial charge in [-0.05, 0) is 47.5 Å². The molecule has 0 bridgehead atoms. The molecule has 7 heteroatoms. The van der Waals surface area contributed by atoms with Crippen LogP contribution in [0.2, 0.25) is 0 Å². The molecule has 0 aliphatic carbocycles. The first kappa shape index (κ1) is 22.2. The number of amides is 2. The number of hydrogen-bond donors (Lipinski definition) is 0. The first-order valence-corrected chi connectivity index (χ1v) is 9.85. The number of anilines is 1. The van der Waals surface area contributed by atoms with Gasteiger partial charge in [-0.1, -0.05) is 24.3 Å². The maximum Gasteiger partial charge on any atom is 0.253 e. The van der Waals surface area contributed by atoms with Crippen LogP contribution in [0.3, 0.4) is 0 Å². The summed E-state index contributed by atoms with van der Waals surface area (Å²) in [5.41, 5.74) is 2.21. The zero-order chi connectivity index (χ0) is 22.2. The summed E-state index contributed by atoms with van der Waals surface area (Å²) in [5, 5.41) is 0. The fraction of sp³-hybridized carbons (Fsp3) is 0.250. The Balaban J connectivity index is 1.75. The van der Waals surface area contributed by atoms with Crippen LogP contribution in [0.5, 0.6) is 0 Å². The number of rotatable bonds is 9. The Kier molecular flexibility index (Phi) is 7.56. The van der Waals surface area contributed by atoms with Crippen LogP contribution >= 0.6 is 0 Å². The molecule has 0 spiro atoms. The lowest BCUT2D eigenvalue weighted by molar-refractivity contribution is -0.129. The van der Waals surface area contributed by atoms with Crippen LogP contribution in [-0.2, 0) is 33.8 Å². The van der Waals surface area contributed by atoms with Crippen molar-refractivity contribution in [1.82, 2.24) is 4.90 Å². The highest BCUT2D eigenvalue weighted by Gasteiger charge is 2.18. The number of methoxy groups -OCH3 is 1. The first-order valence-electron chi connectivity index (χ1n) is 9.85. The van der Waals surface area contributed by atoms with Gasteiger partial charge in [-0.2, -0.15) is 0 Å². The molecule has 0 radical (unpaired) electrons. The molecular formula is C24H25FN2O4. The van der Waals surface area contributed by atoms with Crippen molar-refractivity contribution in [3.05, 3.63) is 89.6 Å². The highest BCUT2D eigenvalue weighted by atomic mass is 19.1. The molecule has 0 saturated carbocycles. The molecule has 0 unspecified atom stereocenters. The Hall–Kier alpha value is -3.45. The number of hydrogen-bond acceptors (Lipinski definition) is 4. The van der Waals surface area contributed by atoms with Gasteiger partial charge in [0.05, 0.1) is 25.8 Å². The van der Waals surface area contributed by atoms with Crippen molar-refractivity contribution in [1.29, 1.82) is 0 Å². The normalized spacial score (nSPS) is 10.7. The molecule has 0 aliphatic rings. The third-order valence-corrected chi connectivity index (χ3v) is 4.80. The predicted molar refractivity (Wildman–Crippen MR) is 115 cm³/mol. The van der Waals surface area contributed by atoms with E-state index in [1.54, 1.807) is 47.4 Å². The topological polar surface area (TPSA) is 63.0 Å². The second kappa shape index (κ2) is 10.5. The van der Waals surface area contributed by atoms with Crippen molar-refractivity contribution >= 4 is 17.5 Å². The summed E-state index contributed by atoms with van der Waals surface area (Å²) in [6.45, 7) is 0.559. The lowest BCUT2D eigenvalue weighted by Gasteiger charge is -2.24. The number of benzene rings is 2. The average Bonchev–Trinajstić information content (AvgIpc) is 3.26. The summed E-state index contributed by atoms with van der Waals surface area (Å²) in [6, 6.07) is 16.9. The zero-order valence-corrected chi connectivity index (χ0v) is 17.6. The molecule has 3 aromatic rings. The average molecular weight is 424 g/mol. The second-order valence-corrected chi connectivity index (χ2v) is 7.22. The molecule has 0 saturated heterocycles. The van der Waals surface area contributed by atoms with Crippen molar-refractivity contribution in [2.75, 3.05) is 25.7 Å².